The molecule has 7 nitrogen and oxygen atoms in total. The van der Waals surface area contributed by atoms with E-state index in [-0.39, 0.29) is 28.3 Å². The molecule has 0 aromatic heterocycles. The minimum atomic E-state index is -0.278. The highest BCUT2D eigenvalue weighted by Gasteiger charge is 2.30. The smallest absolute Gasteiger partial charge is 0.253 e. The number of unbranched alkanes of at least 4 members (excludes halogenated alkanes) is 10. The number of carbonyl (C=O) groups is 2. The number of nitrogens with zero attached hydrogens (tertiary/aromatic N) is 2. The van der Waals surface area contributed by atoms with Crippen molar-refractivity contribution in [3.05, 3.63) is 45.4 Å². The van der Waals surface area contributed by atoms with Crippen molar-refractivity contribution in [1.29, 1.82) is 0 Å². The summed E-state index contributed by atoms with van der Waals surface area (Å²) in [5, 5.41) is 5.09. The number of halogens is 3. The van der Waals surface area contributed by atoms with Crippen LogP contribution in [0.2, 0.25) is 15.1 Å². The average Bonchev–Trinajstić information content (AvgIpc) is 3.27. The van der Waals surface area contributed by atoms with Crippen LogP contribution >= 0.6 is 34.8 Å². The second-order valence-corrected chi connectivity index (χ2v) is 11.2. The summed E-state index contributed by atoms with van der Waals surface area (Å²) in [7, 11) is 1.50. The minimum Gasteiger partial charge on any atom is -0.497 e. The molecule has 1 aliphatic rings. The van der Waals surface area contributed by atoms with E-state index in [1.54, 1.807) is 30.3 Å². The molecule has 1 aliphatic heterocycles. The number of hydrogen-bond donors (Lipinski definition) is 2. The fourth-order valence-electron chi connectivity index (χ4n) is 4.57. The van der Waals surface area contributed by atoms with E-state index in [0.717, 1.165) is 12.8 Å². The number of rotatable bonds is 16. The topological polar surface area (TPSA) is 83.0 Å². The van der Waals surface area contributed by atoms with Crippen LogP contribution in [0, 0.1) is 0 Å². The summed E-state index contributed by atoms with van der Waals surface area (Å²) in [6.07, 6.45) is 14.1. The van der Waals surface area contributed by atoms with Crippen molar-refractivity contribution < 1.29 is 14.3 Å². The maximum Gasteiger partial charge on any atom is 0.253 e. The highest BCUT2D eigenvalue weighted by atomic mass is 35.5. The average molecular weight is 610 g/mol. The molecule has 1 saturated heterocycles. The first kappa shape index (κ1) is 32.0. The van der Waals surface area contributed by atoms with Gasteiger partial charge in [0, 0.05) is 24.2 Å². The van der Waals surface area contributed by atoms with Gasteiger partial charge < -0.3 is 10.1 Å². The zero-order valence-electron chi connectivity index (χ0n) is 23.3. The largest absolute Gasteiger partial charge is 0.497 e. The third-order valence-corrected chi connectivity index (χ3v) is 7.65. The molecule has 2 aromatic rings. The zero-order valence-corrected chi connectivity index (χ0v) is 25.6. The molecule has 0 radical (unpaired) electrons. The van der Waals surface area contributed by atoms with Crippen molar-refractivity contribution in [3.8, 4) is 5.75 Å². The number of nitrogens with one attached hydrogen (secondary N) is 2. The molecular formula is C30H39Cl3N4O3. The number of amides is 2. The molecule has 2 N–H and O–H groups in total. The molecule has 10 heteroatoms. The van der Waals surface area contributed by atoms with Gasteiger partial charge in [0.15, 0.2) is 0 Å². The lowest BCUT2D eigenvalue weighted by molar-refractivity contribution is -0.117. The summed E-state index contributed by atoms with van der Waals surface area (Å²) in [5.74, 6) is 0.536. The number of benzene rings is 2. The third kappa shape index (κ3) is 9.86. The van der Waals surface area contributed by atoms with Crippen molar-refractivity contribution in [3.63, 3.8) is 0 Å². The van der Waals surface area contributed by atoms with E-state index >= 15 is 0 Å². The first-order valence-corrected chi connectivity index (χ1v) is 15.2. The number of anilines is 2. The fourth-order valence-corrected chi connectivity index (χ4v) is 5.36. The van der Waals surface area contributed by atoms with Crippen LogP contribution in [-0.2, 0) is 9.59 Å². The predicted molar refractivity (Wildman–Crippen MR) is 167 cm³/mol. The standard InChI is InChI=1S/C30H39Cl3N4O3/c1-3-4-5-6-7-8-9-10-11-12-13-14-28(38)34-21-15-16-23(31)26(17-21)35-27-20-29(39)37(36-27)30-24(32)18-22(40-2)19-25(30)33/h15-19H,3-14,20H2,1-2H3,(H,34,38)(H,35,36). The lowest BCUT2D eigenvalue weighted by atomic mass is 10.1. The minimum absolute atomic E-state index is 0.00442. The van der Waals surface area contributed by atoms with Gasteiger partial charge in [-0.15, -0.1) is 0 Å². The van der Waals surface area contributed by atoms with Crippen LogP contribution in [0.25, 0.3) is 0 Å². The van der Waals surface area contributed by atoms with E-state index in [4.69, 9.17) is 39.5 Å². The number of aliphatic imine (C=N–C) groups is 1. The monoisotopic (exact) mass is 608 g/mol. The molecule has 0 saturated carbocycles. The molecule has 0 spiro atoms. The van der Waals surface area contributed by atoms with Gasteiger partial charge in [0.1, 0.15) is 17.3 Å². The van der Waals surface area contributed by atoms with Crippen molar-refractivity contribution in [2.24, 2.45) is 4.99 Å². The Morgan fingerprint density at radius 1 is 0.925 bits per heavy atom. The van der Waals surface area contributed by atoms with E-state index in [0.29, 0.717) is 40.1 Å². The fraction of sp³-hybridized carbons (Fsp3) is 0.500. The normalized spacial score (nSPS) is 14.1. The Balaban J connectivity index is 1.48. The molecule has 0 atom stereocenters. The molecule has 1 heterocycles. The molecule has 1 fully saturated rings. The maximum atomic E-state index is 12.7. The molecule has 0 aliphatic carbocycles. The van der Waals surface area contributed by atoms with E-state index in [2.05, 4.69) is 22.7 Å². The van der Waals surface area contributed by atoms with Gasteiger partial charge in [0.25, 0.3) is 5.91 Å². The summed E-state index contributed by atoms with van der Waals surface area (Å²) in [4.78, 5) is 29.7. The van der Waals surface area contributed by atoms with Crippen molar-refractivity contribution >= 4 is 69.5 Å². The van der Waals surface area contributed by atoms with Crippen LogP contribution < -0.4 is 20.5 Å². The number of ether oxygens (including phenoxy) is 1. The molecule has 2 aromatic carbocycles. The highest BCUT2D eigenvalue weighted by molar-refractivity contribution is 6.40. The number of amidine groups is 1. The molecule has 3 rings (SSSR count). The SMILES string of the molecule is CCCCCCCCCCCCCC(=O)Nc1ccc(Cl)c(N=C2CC(=O)N(c3c(Cl)cc(OC)cc3Cl)N2)c1. The lowest BCUT2D eigenvalue weighted by Gasteiger charge is -2.19. The number of hydrazine groups is 1. The van der Waals surface area contributed by atoms with Gasteiger partial charge in [0.05, 0.1) is 34.3 Å². The first-order valence-electron chi connectivity index (χ1n) is 14.1. The Morgan fingerprint density at radius 2 is 1.52 bits per heavy atom. The van der Waals surface area contributed by atoms with Crippen molar-refractivity contribution in [2.75, 3.05) is 17.4 Å². The second-order valence-electron chi connectivity index (χ2n) is 10.0. The second kappa shape index (κ2) is 16.7. The van der Waals surface area contributed by atoms with Crippen LogP contribution in [0.4, 0.5) is 17.1 Å². The molecular weight excluding hydrogens is 571 g/mol. The van der Waals surface area contributed by atoms with Gasteiger partial charge in [-0.3, -0.25) is 15.0 Å². The molecule has 2 amide bonds. The van der Waals surface area contributed by atoms with Crippen LogP contribution in [0.1, 0.15) is 90.4 Å². The van der Waals surface area contributed by atoms with Gasteiger partial charge in [-0.1, -0.05) is 106 Å². The molecule has 40 heavy (non-hydrogen) atoms. The van der Waals surface area contributed by atoms with Crippen LogP contribution in [0.5, 0.6) is 5.75 Å². The maximum absolute atomic E-state index is 12.7. The number of carbonyl (C=O) groups excluding carboxylic acids is 2. The van der Waals surface area contributed by atoms with Crippen molar-refractivity contribution in [2.45, 2.75) is 90.4 Å². The van der Waals surface area contributed by atoms with Gasteiger partial charge in [0.2, 0.25) is 5.91 Å². The van der Waals surface area contributed by atoms with Crippen LogP contribution in [0.15, 0.2) is 35.3 Å². The zero-order chi connectivity index (χ0) is 28.9. The van der Waals surface area contributed by atoms with Crippen molar-refractivity contribution in [1.82, 2.24) is 5.43 Å². The summed E-state index contributed by atoms with van der Waals surface area (Å²) in [6.45, 7) is 2.24. The van der Waals surface area contributed by atoms with Gasteiger partial charge in [-0.25, -0.2) is 10.0 Å². The van der Waals surface area contributed by atoms with Gasteiger partial charge in [-0.05, 0) is 24.6 Å². The molecule has 0 bridgehead atoms. The van der Waals surface area contributed by atoms with Gasteiger partial charge in [-0.2, -0.15) is 0 Å². The molecule has 218 valence electrons. The summed E-state index contributed by atoms with van der Waals surface area (Å²) in [6, 6.07) is 8.25. The van der Waals surface area contributed by atoms with Crippen LogP contribution in [-0.4, -0.2) is 24.8 Å². The predicted octanol–water partition coefficient (Wildman–Crippen LogP) is 9.27. The number of hydrogen-bond acceptors (Lipinski definition) is 4. The number of methoxy groups -OCH3 is 1. The first-order chi connectivity index (χ1) is 19.3. The Morgan fingerprint density at radius 3 is 2.12 bits per heavy atom. The third-order valence-electron chi connectivity index (χ3n) is 6.75. The lowest BCUT2D eigenvalue weighted by Crippen LogP contribution is -2.36. The Labute approximate surface area is 252 Å². The van der Waals surface area contributed by atoms with Crippen LogP contribution in [0.3, 0.4) is 0 Å². The van der Waals surface area contributed by atoms with Gasteiger partial charge >= 0.3 is 0 Å². The Hall–Kier alpha value is -2.48. The highest BCUT2D eigenvalue weighted by Crippen LogP contribution is 2.38. The molecule has 0 unspecified atom stereocenters. The quantitative estimate of drug-likeness (QED) is 0.186. The summed E-state index contributed by atoms with van der Waals surface area (Å²) >= 11 is 19.1. The summed E-state index contributed by atoms with van der Waals surface area (Å²) < 4.78 is 5.17. The van der Waals surface area contributed by atoms with E-state index < -0.39 is 0 Å². The Kier molecular flexibility index (Phi) is 13.4. The Bertz CT molecular complexity index is 1170. The van der Waals surface area contributed by atoms with E-state index in [1.807, 2.05) is 0 Å². The van der Waals surface area contributed by atoms with E-state index in [1.165, 1.54) is 69.9 Å². The summed E-state index contributed by atoms with van der Waals surface area (Å²) in [5.41, 5.74) is 4.29. The van der Waals surface area contributed by atoms with E-state index in [9.17, 15) is 9.59 Å².